The molecule has 1 rings (SSSR count). The van der Waals surface area contributed by atoms with Crippen LogP contribution in [0.25, 0.3) is 0 Å². The molecule has 1 aromatic heterocycles. The monoisotopic (exact) mass is 272 g/mol. The predicted octanol–water partition coefficient (Wildman–Crippen LogP) is 1.90. The van der Waals surface area contributed by atoms with Gasteiger partial charge in [-0.3, -0.25) is 4.79 Å². The van der Waals surface area contributed by atoms with Crippen molar-refractivity contribution in [2.24, 2.45) is 0 Å². The number of carboxylic acid groups (broad SMARTS) is 1. The van der Waals surface area contributed by atoms with Gasteiger partial charge in [0.15, 0.2) is 0 Å². The molecular formula is C11H16N2O4S. The first-order valence-corrected chi connectivity index (χ1v) is 6.25. The smallest absolute Gasteiger partial charge is 0.340 e. The maximum Gasteiger partial charge on any atom is 0.340 e. The molecule has 7 heteroatoms. The first kappa shape index (κ1) is 14.6. The normalized spacial score (nSPS) is 12.2. The molecule has 0 saturated heterocycles. The van der Waals surface area contributed by atoms with Crippen molar-refractivity contribution in [2.45, 2.75) is 32.8 Å². The van der Waals surface area contributed by atoms with Crippen LogP contribution in [0.15, 0.2) is 0 Å². The van der Waals surface area contributed by atoms with Crippen LogP contribution in [-0.4, -0.2) is 34.6 Å². The van der Waals surface area contributed by atoms with Crippen molar-refractivity contribution in [3.63, 3.8) is 0 Å². The van der Waals surface area contributed by atoms with Gasteiger partial charge in [0.05, 0.1) is 11.8 Å². The average molecular weight is 272 g/mol. The molecule has 6 nitrogen and oxygen atoms in total. The Hall–Kier alpha value is -1.47. The average Bonchev–Trinajstić information content (AvgIpc) is 2.67. The summed E-state index contributed by atoms with van der Waals surface area (Å²) in [6, 6.07) is 0. The first-order valence-electron chi connectivity index (χ1n) is 5.48. The summed E-state index contributed by atoms with van der Waals surface area (Å²) in [6.45, 7) is 3.47. The number of aromatic nitrogens is 1. The van der Waals surface area contributed by atoms with E-state index in [1.165, 1.54) is 0 Å². The Morgan fingerprint density at radius 2 is 2.22 bits per heavy atom. The summed E-state index contributed by atoms with van der Waals surface area (Å²) in [7, 11) is 1.58. The molecule has 1 atom stereocenters. The van der Waals surface area contributed by atoms with Gasteiger partial charge in [-0.25, -0.2) is 4.79 Å². The maximum absolute atomic E-state index is 11.6. The van der Waals surface area contributed by atoms with Crippen molar-refractivity contribution >= 4 is 28.4 Å². The Morgan fingerprint density at radius 3 is 2.78 bits per heavy atom. The zero-order chi connectivity index (χ0) is 13.7. The summed E-state index contributed by atoms with van der Waals surface area (Å²) >= 11 is 0.979. The second-order valence-corrected chi connectivity index (χ2v) is 4.68. The molecule has 0 radical (unpaired) electrons. The highest BCUT2D eigenvalue weighted by Gasteiger charge is 2.19. The third-order valence-corrected chi connectivity index (χ3v) is 3.36. The van der Waals surface area contributed by atoms with Gasteiger partial charge in [-0.15, -0.1) is 0 Å². The molecule has 1 aromatic rings. The molecule has 0 aliphatic rings. The van der Waals surface area contributed by atoms with E-state index in [1.807, 2.05) is 6.92 Å². The number of ether oxygens (including phenoxy) is 1. The van der Waals surface area contributed by atoms with Crippen molar-refractivity contribution in [3.8, 4) is 0 Å². The highest BCUT2D eigenvalue weighted by molar-refractivity contribution is 7.11. The minimum absolute atomic E-state index is 0.00195. The fourth-order valence-electron chi connectivity index (χ4n) is 1.35. The number of nitrogens with one attached hydrogen (secondary N) is 1. The molecule has 0 aromatic carbocycles. The highest BCUT2D eigenvalue weighted by Crippen LogP contribution is 2.24. The number of aryl methyl sites for hydroxylation is 1. The minimum Gasteiger partial charge on any atom is -0.478 e. The number of methoxy groups -OCH3 is 1. The molecule has 1 unspecified atom stereocenters. The fourth-order valence-corrected chi connectivity index (χ4v) is 2.15. The fraction of sp³-hybridized carbons (Fsp3) is 0.545. The summed E-state index contributed by atoms with van der Waals surface area (Å²) < 4.78 is 8.96. The topological polar surface area (TPSA) is 88.5 Å². The van der Waals surface area contributed by atoms with Gasteiger partial charge >= 0.3 is 5.97 Å². The molecule has 0 saturated carbocycles. The van der Waals surface area contributed by atoms with Gasteiger partial charge in [-0.05, 0) is 31.8 Å². The molecule has 0 spiro atoms. The number of rotatable bonds is 6. The first-order chi connectivity index (χ1) is 8.45. The van der Waals surface area contributed by atoms with Gasteiger partial charge in [-0.1, -0.05) is 0 Å². The lowest BCUT2D eigenvalue weighted by Gasteiger charge is -2.08. The van der Waals surface area contributed by atoms with E-state index in [-0.39, 0.29) is 29.0 Å². The van der Waals surface area contributed by atoms with Crippen LogP contribution in [0.2, 0.25) is 0 Å². The third-order valence-electron chi connectivity index (χ3n) is 2.51. The number of hydrogen-bond donors (Lipinski definition) is 2. The Balaban J connectivity index is 2.62. The summed E-state index contributed by atoms with van der Waals surface area (Å²) in [6.07, 6.45) is 0.867. The largest absolute Gasteiger partial charge is 0.478 e. The van der Waals surface area contributed by atoms with Gasteiger partial charge in [0, 0.05) is 13.5 Å². The van der Waals surface area contributed by atoms with E-state index in [4.69, 9.17) is 9.84 Å². The van der Waals surface area contributed by atoms with E-state index in [1.54, 1.807) is 14.0 Å². The Labute approximate surface area is 109 Å². The predicted molar refractivity (Wildman–Crippen MR) is 68.1 cm³/mol. The van der Waals surface area contributed by atoms with Gasteiger partial charge < -0.3 is 15.2 Å². The van der Waals surface area contributed by atoms with Gasteiger partial charge in [0.25, 0.3) is 0 Å². The van der Waals surface area contributed by atoms with Crippen LogP contribution in [0.1, 0.15) is 35.8 Å². The van der Waals surface area contributed by atoms with Crippen LogP contribution in [0, 0.1) is 6.92 Å². The summed E-state index contributed by atoms with van der Waals surface area (Å²) in [5, 5.41) is 11.9. The van der Waals surface area contributed by atoms with Crippen LogP contribution in [-0.2, 0) is 9.53 Å². The number of nitrogens with zero attached hydrogens (tertiary/aromatic N) is 1. The van der Waals surface area contributed by atoms with Crippen LogP contribution in [0.3, 0.4) is 0 Å². The van der Waals surface area contributed by atoms with Gasteiger partial charge in [0.2, 0.25) is 5.91 Å². The van der Waals surface area contributed by atoms with Crippen molar-refractivity contribution in [3.05, 3.63) is 11.3 Å². The lowest BCUT2D eigenvalue weighted by molar-refractivity contribution is -0.116. The second-order valence-electron chi connectivity index (χ2n) is 3.91. The molecular weight excluding hydrogens is 256 g/mol. The van der Waals surface area contributed by atoms with E-state index in [0.29, 0.717) is 12.1 Å². The number of carboxylic acids is 1. The highest BCUT2D eigenvalue weighted by atomic mass is 32.1. The molecule has 2 N–H and O–H groups in total. The maximum atomic E-state index is 11.6. The molecule has 18 heavy (non-hydrogen) atoms. The molecule has 0 bridgehead atoms. The quantitative estimate of drug-likeness (QED) is 0.825. The molecule has 1 amide bonds. The summed E-state index contributed by atoms with van der Waals surface area (Å²) in [4.78, 5) is 22.6. The minimum atomic E-state index is -1.08. The number of hydrogen-bond acceptors (Lipinski definition) is 5. The molecule has 1 heterocycles. The van der Waals surface area contributed by atoms with Crippen molar-refractivity contribution in [1.82, 2.24) is 4.37 Å². The standard InChI is InChI=1S/C11H16N2O4S/c1-6(17-3)4-5-8(14)12-10-9(11(15)16)7(2)13-18-10/h6H,4-5H2,1-3H3,(H,12,14)(H,15,16). The van der Waals surface area contributed by atoms with E-state index in [9.17, 15) is 9.59 Å². The summed E-state index contributed by atoms with van der Waals surface area (Å²) in [5.74, 6) is -1.31. The Bertz CT molecular complexity index is 444. The second kappa shape index (κ2) is 6.46. The zero-order valence-electron chi connectivity index (χ0n) is 10.5. The zero-order valence-corrected chi connectivity index (χ0v) is 11.3. The lowest BCUT2D eigenvalue weighted by Crippen LogP contribution is -2.16. The van der Waals surface area contributed by atoms with E-state index < -0.39 is 5.97 Å². The van der Waals surface area contributed by atoms with Crippen molar-refractivity contribution < 1.29 is 19.4 Å². The van der Waals surface area contributed by atoms with Gasteiger partial charge in [-0.2, -0.15) is 4.37 Å². The van der Waals surface area contributed by atoms with E-state index in [2.05, 4.69) is 9.69 Å². The van der Waals surface area contributed by atoms with Crippen LogP contribution in [0.5, 0.6) is 0 Å². The van der Waals surface area contributed by atoms with Gasteiger partial charge in [0.1, 0.15) is 10.6 Å². The van der Waals surface area contributed by atoms with E-state index in [0.717, 1.165) is 11.5 Å². The molecule has 100 valence electrons. The number of anilines is 1. The SMILES string of the molecule is COC(C)CCC(=O)Nc1snc(C)c1C(=O)O. The molecule has 0 fully saturated rings. The number of aromatic carboxylic acids is 1. The van der Waals surface area contributed by atoms with Crippen molar-refractivity contribution in [1.29, 1.82) is 0 Å². The number of carbonyl (C=O) groups is 2. The molecule has 0 aliphatic carbocycles. The molecule has 0 aliphatic heterocycles. The Morgan fingerprint density at radius 1 is 1.56 bits per heavy atom. The van der Waals surface area contributed by atoms with Crippen molar-refractivity contribution in [2.75, 3.05) is 12.4 Å². The van der Waals surface area contributed by atoms with Crippen LogP contribution < -0.4 is 5.32 Å². The summed E-state index contributed by atoms with van der Waals surface area (Å²) in [5.41, 5.74) is 0.473. The Kier molecular flexibility index (Phi) is 5.24. The number of carbonyl (C=O) groups excluding carboxylic acids is 1. The van der Waals surface area contributed by atoms with Crippen LogP contribution in [0.4, 0.5) is 5.00 Å². The number of amides is 1. The van der Waals surface area contributed by atoms with E-state index >= 15 is 0 Å². The third kappa shape index (κ3) is 3.78. The van der Waals surface area contributed by atoms with Crippen LogP contribution >= 0.6 is 11.5 Å². The lowest BCUT2D eigenvalue weighted by atomic mass is 10.2.